The molecule has 0 bridgehead atoms. The van der Waals surface area contributed by atoms with Crippen LogP contribution in [0.5, 0.6) is 11.5 Å². The van der Waals surface area contributed by atoms with E-state index in [-0.39, 0.29) is 12.4 Å². The average molecular weight is 381 g/mol. The zero-order valence-electron chi connectivity index (χ0n) is 14.1. The van der Waals surface area contributed by atoms with Crippen molar-refractivity contribution >= 4 is 34.5 Å². The predicted molar refractivity (Wildman–Crippen MR) is 99.8 cm³/mol. The van der Waals surface area contributed by atoms with Crippen molar-refractivity contribution < 1.29 is 19.1 Å². The highest BCUT2D eigenvalue weighted by atomic mass is 32.2. The summed E-state index contributed by atoms with van der Waals surface area (Å²) >= 11 is 1.25. The van der Waals surface area contributed by atoms with Crippen molar-refractivity contribution in [2.75, 3.05) is 12.4 Å². The Kier molecular flexibility index (Phi) is 4.88. The lowest BCUT2D eigenvalue weighted by atomic mass is 10.2. The van der Waals surface area contributed by atoms with E-state index in [2.05, 4.69) is 15.3 Å². The number of nitrogens with one attached hydrogen (secondary N) is 1. The first-order valence-electron chi connectivity index (χ1n) is 8.25. The molecule has 0 saturated heterocycles. The molecule has 0 fully saturated rings. The van der Waals surface area contributed by atoms with Crippen LogP contribution < -0.4 is 14.8 Å². The topological polar surface area (TPSA) is 90.4 Å². The Balaban J connectivity index is 1.35. The second-order valence-corrected chi connectivity index (χ2v) is 6.73. The van der Waals surface area contributed by atoms with Gasteiger partial charge in [0.1, 0.15) is 18.0 Å². The maximum absolute atomic E-state index is 12.3. The van der Waals surface area contributed by atoms with Gasteiger partial charge in [-0.25, -0.2) is 9.97 Å². The van der Waals surface area contributed by atoms with Crippen molar-refractivity contribution in [3.05, 3.63) is 54.9 Å². The van der Waals surface area contributed by atoms with Gasteiger partial charge in [0.15, 0.2) is 11.5 Å². The van der Waals surface area contributed by atoms with Gasteiger partial charge >= 0.3 is 0 Å². The van der Waals surface area contributed by atoms with Crippen LogP contribution in [0.25, 0.3) is 10.9 Å². The molecule has 7 nitrogen and oxygen atoms in total. The van der Waals surface area contributed by atoms with E-state index in [1.165, 1.54) is 18.1 Å². The van der Waals surface area contributed by atoms with Crippen LogP contribution in [0, 0.1) is 0 Å². The molecule has 0 saturated carbocycles. The average Bonchev–Trinajstić information content (AvgIpc) is 2.71. The predicted octanol–water partition coefficient (Wildman–Crippen LogP) is 2.20. The number of fused-ring (bicyclic) bond motifs is 2. The van der Waals surface area contributed by atoms with Gasteiger partial charge in [-0.1, -0.05) is 42.1 Å². The minimum Gasteiger partial charge on any atom is -0.485 e. The molecule has 2 amide bonds. The molecule has 4 rings (SSSR count). The van der Waals surface area contributed by atoms with Gasteiger partial charge in [0, 0.05) is 5.39 Å². The Morgan fingerprint density at radius 3 is 2.74 bits per heavy atom. The number of imide groups is 1. The third-order valence-electron chi connectivity index (χ3n) is 3.91. The van der Waals surface area contributed by atoms with E-state index < -0.39 is 17.9 Å². The van der Waals surface area contributed by atoms with Gasteiger partial charge in [0.25, 0.3) is 5.91 Å². The first kappa shape index (κ1) is 17.3. The van der Waals surface area contributed by atoms with Crippen LogP contribution in [0.15, 0.2) is 59.9 Å². The SMILES string of the molecule is O=C(CSc1ncnc2ccccc12)NC(=O)[C@H]1COc2ccccc2O1. The van der Waals surface area contributed by atoms with Crippen molar-refractivity contribution in [2.45, 2.75) is 11.1 Å². The molecule has 3 aromatic rings. The molecule has 1 N–H and O–H groups in total. The summed E-state index contributed by atoms with van der Waals surface area (Å²) in [6, 6.07) is 14.6. The number of carbonyl (C=O) groups is 2. The quantitative estimate of drug-likeness (QED) is 0.547. The smallest absolute Gasteiger partial charge is 0.271 e. The second kappa shape index (κ2) is 7.63. The Hall–Kier alpha value is -3.13. The molecule has 0 unspecified atom stereocenters. The molecule has 1 atom stereocenters. The number of para-hydroxylation sites is 3. The molecule has 2 heterocycles. The maximum Gasteiger partial charge on any atom is 0.271 e. The number of rotatable bonds is 4. The molecule has 136 valence electrons. The summed E-state index contributed by atoms with van der Waals surface area (Å²) < 4.78 is 11.1. The molecule has 27 heavy (non-hydrogen) atoms. The molecule has 1 aromatic heterocycles. The molecular formula is C19H15N3O4S. The summed E-state index contributed by atoms with van der Waals surface area (Å²) in [6.07, 6.45) is 0.590. The van der Waals surface area contributed by atoms with Gasteiger partial charge in [-0.3, -0.25) is 14.9 Å². The summed E-state index contributed by atoms with van der Waals surface area (Å²) in [5.74, 6) is 0.173. The summed E-state index contributed by atoms with van der Waals surface area (Å²) in [5.41, 5.74) is 0.804. The molecule has 0 radical (unpaired) electrons. The highest BCUT2D eigenvalue weighted by Gasteiger charge is 2.28. The third kappa shape index (κ3) is 3.85. The van der Waals surface area contributed by atoms with Crippen LogP contribution in [0.3, 0.4) is 0 Å². The van der Waals surface area contributed by atoms with E-state index in [9.17, 15) is 9.59 Å². The summed E-state index contributed by atoms with van der Waals surface area (Å²) in [6.45, 7) is 0.0554. The Bertz CT molecular complexity index is 1010. The standard InChI is InChI=1S/C19H15N3O4S/c23-17(10-27-19-12-5-1-2-6-13(12)20-11-21-19)22-18(24)16-9-25-14-7-3-4-8-15(14)26-16/h1-8,11,16H,9-10H2,(H,22,23,24)/t16-/m1/s1. The fraction of sp³-hybridized carbons (Fsp3) is 0.158. The fourth-order valence-electron chi connectivity index (χ4n) is 2.63. The van der Waals surface area contributed by atoms with Crippen LogP contribution in [0.2, 0.25) is 0 Å². The lowest BCUT2D eigenvalue weighted by Crippen LogP contribution is -2.46. The number of hydrogen-bond donors (Lipinski definition) is 1. The van der Waals surface area contributed by atoms with Gasteiger partial charge in [0.05, 0.1) is 11.3 Å². The van der Waals surface area contributed by atoms with Gasteiger partial charge in [-0.2, -0.15) is 0 Å². The van der Waals surface area contributed by atoms with Gasteiger partial charge in [-0.05, 0) is 18.2 Å². The molecule has 0 aliphatic carbocycles. The lowest BCUT2D eigenvalue weighted by molar-refractivity contribution is -0.135. The number of ether oxygens (including phenoxy) is 2. The number of hydrogen-bond acceptors (Lipinski definition) is 7. The molecule has 8 heteroatoms. The lowest BCUT2D eigenvalue weighted by Gasteiger charge is -2.25. The van der Waals surface area contributed by atoms with Crippen LogP contribution in [-0.2, 0) is 9.59 Å². The number of nitrogens with zero attached hydrogens (tertiary/aromatic N) is 2. The van der Waals surface area contributed by atoms with Crippen molar-refractivity contribution in [1.29, 1.82) is 0 Å². The third-order valence-corrected chi connectivity index (χ3v) is 4.92. The molecular weight excluding hydrogens is 366 g/mol. The highest BCUT2D eigenvalue weighted by molar-refractivity contribution is 8.00. The van der Waals surface area contributed by atoms with Crippen LogP contribution in [0.1, 0.15) is 0 Å². The van der Waals surface area contributed by atoms with E-state index in [0.29, 0.717) is 16.5 Å². The first-order chi connectivity index (χ1) is 13.2. The Labute approximate surface area is 159 Å². The molecule has 0 spiro atoms. The second-order valence-electron chi connectivity index (χ2n) is 5.76. The number of thioether (sulfide) groups is 1. The van der Waals surface area contributed by atoms with E-state index in [1.807, 2.05) is 30.3 Å². The largest absolute Gasteiger partial charge is 0.485 e. The van der Waals surface area contributed by atoms with Crippen molar-refractivity contribution in [3.8, 4) is 11.5 Å². The molecule has 1 aliphatic rings. The summed E-state index contributed by atoms with van der Waals surface area (Å²) in [5, 5.41) is 3.91. The van der Waals surface area contributed by atoms with Gasteiger partial charge in [-0.15, -0.1) is 0 Å². The van der Waals surface area contributed by atoms with Crippen LogP contribution in [-0.4, -0.2) is 40.2 Å². The van der Waals surface area contributed by atoms with E-state index >= 15 is 0 Å². The van der Waals surface area contributed by atoms with Crippen molar-refractivity contribution in [2.24, 2.45) is 0 Å². The zero-order chi connectivity index (χ0) is 18.6. The summed E-state index contributed by atoms with van der Waals surface area (Å²) in [4.78, 5) is 32.8. The molecule has 1 aliphatic heterocycles. The number of aromatic nitrogens is 2. The minimum atomic E-state index is -0.867. The normalized spacial score (nSPS) is 15.3. The number of carbonyl (C=O) groups excluding carboxylic acids is 2. The Morgan fingerprint density at radius 1 is 1.07 bits per heavy atom. The first-order valence-corrected chi connectivity index (χ1v) is 9.24. The van der Waals surface area contributed by atoms with E-state index in [4.69, 9.17) is 9.47 Å². The molecule has 2 aromatic carbocycles. The maximum atomic E-state index is 12.3. The van der Waals surface area contributed by atoms with Gasteiger partial charge in [0.2, 0.25) is 12.0 Å². The van der Waals surface area contributed by atoms with Crippen molar-refractivity contribution in [3.63, 3.8) is 0 Å². The zero-order valence-corrected chi connectivity index (χ0v) is 14.9. The van der Waals surface area contributed by atoms with E-state index in [1.54, 1.807) is 18.2 Å². The summed E-state index contributed by atoms with van der Waals surface area (Å²) in [7, 11) is 0. The highest BCUT2D eigenvalue weighted by Crippen LogP contribution is 2.31. The van der Waals surface area contributed by atoms with Crippen LogP contribution >= 0.6 is 11.8 Å². The fourth-order valence-corrected chi connectivity index (χ4v) is 3.42. The van der Waals surface area contributed by atoms with Gasteiger partial charge < -0.3 is 9.47 Å². The van der Waals surface area contributed by atoms with Crippen LogP contribution in [0.4, 0.5) is 0 Å². The monoisotopic (exact) mass is 381 g/mol. The number of amides is 2. The Morgan fingerprint density at radius 2 is 1.85 bits per heavy atom. The van der Waals surface area contributed by atoms with E-state index in [0.717, 1.165) is 10.9 Å². The number of benzene rings is 2. The van der Waals surface area contributed by atoms with Crippen molar-refractivity contribution in [1.82, 2.24) is 15.3 Å². The minimum absolute atomic E-state index is 0.0525.